The number of nitrogens with two attached hydrogens (primary N) is 1. The summed E-state index contributed by atoms with van der Waals surface area (Å²) in [7, 11) is -3.09. The Labute approximate surface area is 95.3 Å². The maximum absolute atomic E-state index is 10.7. The molecule has 16 heavy (non-hydrogen) atoms. The van der Waals surface area contributed by atoms with Gasteiger partial charge in [0.15, 0.2) is 0 Å². The Kier molecular flexibility index (Phi) is 4.51. The van der Waals surface area contributed by atoms with Crippen molar-refractivity contribution in [2.75, 3.05) is 30.4 Å². The first-order valence-electron chi connectivity index (χ1n) is 4.87. The van der Waals surface area contributed by atoms with Crippen LogP contribution in [0.1, 0.15) is 6.42 Å². The van der Waals surface area contributed by atoms with Gasteiger partial charge in [0.05, 0.1) is 6.26 Å². The van der Waals surface area contributed by atoms with Crippen LogP contribution in [-0.4, -0.2) is 32.7 Å². The quantitative estimate of drug-likeness (QED) is 0.613. The van der Waals surface area contributed by atoms with Crippen LogP contribution in [-0.2, 0) is 10.0 Å². The molecule has 0 aromatic carbocycles. The van der Waals surface area contributed by atoms with Crippen molar-refractivity contribution in [3.8, 4) is 0 Å². The topological polar surface area (TPSA) is 97.1 Å². The number of hydrogen-bond donors (Lipinski definition) is 3. The summed E-state index contributed by atoms with van der Waals surface area (Å²) in [5.41, 5.74) is 6.22. The third kappa shape index (κ3) is 5.52. The molecule has 0 radical (unpaired) electrons. The highest BCUT2D eigenvalue weighted by Crippen LogP contribution is 2.07. The van der Waals surface area contributed by atoms with Crippen molar-refractivity contribution in [2.45, 2.75) is 6.42 Å². The predicted molar refractivity (Wildman–Crippen MR) is 64.6 cm³/mol. The van der Waals surface area contributed by atoms with Gasteiger partial charge in [-0.1, -0.05) is 0 Å². The van der Waals surface area contributed by atoms with Crippen LogP contribution in [0, 0.1) is 0 Å². The number of nitrogens with one attached hydrogen (secondary N) is 2. The van der Waals surface area contributed by atoms with Crippen molar-refractivity contribution in [1.29, 1.82) is 0 Å². The summed E-state index contributed by atoms with van der Waals surface area (Å²) in [5, 5.41) is 3.05. The Morgan fingerprint density at radius 2 is 2.19 bits per heavy atom. The van der Waals surface area contributed by atoms with Gasteiger partial charge in [0.25, 0.3) is 0 Å². The third-order valence-corrected chi connectivity index (χ3v) is 2.54. The van der Waals surface area contributed by atoms with E-state index in [1.807, 2.05) is 0 Å². The van der Waals surface area contributed by atoms with Gasteiger partial charge in [0.2, 0.25) is 10.0 Å². The zero-order valence-corrected chi connectivity index (χ0v) is 9.92. The second-order valence-corrected chi connectivity index (χ2v) is 5.25. The van der Waals surface area contributed by atoms with Crippen LogP contribution in [0.5, 0.6) is 0 Å². The second kappa shape index (κ2) is 5.66. The summed E-state index contributed by atoms with van der Waals surface area (Å²) in [6.45, 7) is 1.05. The van der Waals surface area contributed by atoms with Crippen molar-refractivity contribution in [1.82, 2.24) is 9.71 Å². The highest BCUT2D eigenvalue weighted by molar-refractivity contribution is 7.88. The first-order chi connectivity index (χ1) is 7.47. The first-order valence-corrected chi connectivity index (χ1v) is 6.76. The van der Waals surface area contributed by atoms with Crippen molar-refractivity contribution >= 4 is 21.5 Å². The summed E-state index contributed by atoms with van der Waals surface area (Å²) < 4.78 is 23.9. The highest BCUT2D eigenvalue weighted by atomic mass is 32.2. The lowest BCUT2D eigenvalue weighted by Crippen LogP contribution is -2.24. The average molecular weight is 244 g/mol. The minimum Gasteiger partial charge on any atom is -0.399 e. The monoisotopic (exact) mass is 244 g/mol. The van der Waals surface area contributed by atoms with E-state index >= 15 is 0 Å². The molecule has 90 valence electrons. The molecule has 6 nitrogen and oxygen atoms in total. The molecule has 1 rings (SSSR count). The first kappa shape index (κ1) is 12.7. The fourth-order valence-corrected chi connectivity index (χ4v) is 1.62. The molecule has 7 heteroatoms. The summed E-state index contributed by atoms with van der Waals surface area (Å²) in [4.78, 5) is 4.06. The van der Waals surface area contributed by atoms with E-state index in [1.165, 1.54) is 0 Å². The van der Waals surface area contributed by atoms with E-state index in [4.69, 9.17) is 5.73 Å². The van der Waals surface area contributed by atoms with E-state index in [-0.39, 0.29) is 0 Å². The van der Waals surface area contributed by atoms with Crippen LogP contribution in [0.2, 0.25) is 0 Å². The van der Waals surface area contributed by atoms with Crippen molar-refractivity contribution < 1.29 is 8.42 Å². The van der Waals surface area contributed by atoms with Gasteiger partial charge in [0, 0.05) is 31.0 Å². The fraction of sp³-hybridized carbons (Fsp3) is 0.444. The predicted octanol–water partition coefficient (Wildman–Crippen LogP) is 0.0150. The van der Waals surface area contributed by atoms with Crippen LogP contribution >= 0.6 is 0 Å². The number of anilines is 2. The van der Waals surface area contributed by atoms with Gasteiger partial charge in [-0.2, -0.15) is 0 Å². The number of rotatable bonds is 6. The van der Waals surface area contributed by atoms with Gasteiger partial charge < -0.3 is 11.1 Å². The molecule has 1 aromatic heterocycles. The standard InChI is InChI=1S/C9H16N4O2S/c1-16(14,15)13-5-2-4-11-9-7-8(10)3-6-12-9/h3,6-7,13H,2,4-5H2,1H3,(H3,10,11,12). The molecular weight excluding hydrogens is 228 g/mol. The Morgan fingerprint density at radius 1 is 1.44 bits per heavy atom. The van der Waals surface area contributed by atoms with Crippen LogP contribution in [0.4, 0.5) is 11.5 Å². The molecule has 1 heterocycles. The molecule has 0 saturated carbocycles. The molecule has 0 saturated heterocycles. The number of nitrogen functional groups attached to an aromatic ring is 1. The summed E-state index contributed by atoms with van der Waals surface area (Å²) in [6, 6.07) is 3.43. The summed E-state index contributed by atoms with van der Waals surface area (Å²) >= 11 is 0. The average Bonchev–Trinajstić information content (AvgIpc) is 2.15. The fourth-order valence-electron chi connectivity index (χ4n) is 1.11. The van der Waals surface area contributed by atoms with Crippen molar-refractivity contribution in [3.05, 3.63) is 18.3 Å². The van der Waals surface area contributed by atoms with Gasteiger partial charge >= 0.3 is 0 Å². The number of nitrogens with zero attached hydrogens (tertiary/aromatic N) is 1. The van der Waals surface area contributed by atoms with Crippen LogP contribution in [0.3, 0.4) is 0 Å². The Morgan fingerprint density at radius 3 is 2.81 bits per heavy atom. The van der Waals surface area contributed by atoms with Crippen LogP contribution in [0.15, 0.2) is 18.3 Å². The van der Waals surface area contributed by atoms with Crippen molar-refractivity contribution in [3.63, 3.8) is 0 Å². The molecule has 0 bridgehead atoms. The molecule has 0 fully saturated rings. The van der Waals surface area contributed by atoms with Gasteiger partial charge in [-0.3, -0.25) is 0 Å². The molecule has 4 N–H and O–H groups in total. The van der Waals surface area contributed by atoms with E-state index < -0.39 is 10.0 Å². The highest BCUT2D eigenvalue weighted by Gasteiger charge is 1.98. The summed E-state index contributed by atoms with van der Waals surface area (Å²) in [6.07, 6.45) is 3.44. The molecule has 0 unspecified atom stereocenters. The van der Waals surface area contributed by atoms with Gasteiger partial charge in [0.1, 0.15) is 5.82 Å². The van der Waals surface area contributed by atoms with E-state index in [2.05, 4.69) is 15.0 Å². The smallest absolute Gasteiger partial charge is 0.208 e. The van der Waals surface area contributed by atoms with Crippen LogP contribution in [0.25, 0.3) is 0 Å². The molecule has 0 aliphatic carbocycles. The lowest BCUT2D eigenvalue weighted by atomic mass is 10.4. The molecule has 0 aliphatic rings. The molecule has 0 aliphatic heterocycles. The zero-order valence-electron chi connectivity index (χ0n) is 9.10. The minimum absolute atomic E-state index is 0.411. The lowest BCUT2D eigenvalue weighted by Gasteiger charge is -2.06. The maximum atomic E-state index is 10.7. The number of aromatic nitrogens is 1. The van der Waals surface area contributed by atoms with E-state index in [0.29, 0.717) is 31.0 Å². The summed E-state index contributed by atoms with van der Waals surface area (Å²) in [5.74, 6) is 0.694. The number of sulfonamides is 1. The zero-order chi connectivity index (χ0) is 12.0. The SMILES string of the molecule is CS(=O)(=O)NCCCNc1cc(N)ccn1. The van der Waals surface area contributed by atoms with E-state index in [9.17, 15) is 8.42 Å². The lowest BCUT2D eigenvalue weighted by molar-refractivity contribution is 0.586. The van der Waals surface area contributed by atoms with Crippen molar-refractivity contribution in [2.24, 2.45) is 0 Å². The molecule has 0 spiro atoms. The molecular formula is C9H16N4O2S. The second-order valence-electron chi connectivity index (χ2n) is 3.42. The number of pyridine rings is 1. The van der Waals surface area contributed by atoms with E-state index in [1.54, 1.807) is 18.3 Å². The van der Waals surface area contributed by atoms with Gasteiger partial charge in [-0.15, -0.1) is 0 Å². The van der Waals surface area contributed by atoms with Gasteiger partial charge in [-0.25, -0.2) is 18.1 Å². The largest absolute Gasteiger partial charge is 0.399 e. The third-order valence-electron chi connectivity index (χ3n) is 1.81. The molecule has 1 aromatic rings. The molecule has 0 atom stereocenters. The van der Waals surface area contributed by atoms with Crippen LogP contribution < -0.4 is 15.8 Å². The van der Waals surface area contributed by atoms with Gasteiger partial charge in [-0.05, 0) is 12.5 Å². The number of hydrogen-bond acceptors (Lipinski definition) is 5. The minimum atomic E-state index is -3.09. The van der Waals surface area contributed by atoms with E-state index in [0.717, 1.165) is 6.26 Å². The normalized spacial score (nSPS) is 11.3. The Balaban J connectivity index is 2.21. The Bertz CT molecular complexity index is 433. The Hall–Kier alpha value is -1.34. The molecule has 0 amide bonds. The maximum Gasteiger partial charge on any atom is 0.208 e.